The molecule has 7 heteroatoms. The van der Waals surface area contributed by atoms with Crippen LogP contribution in [0.5, 0.6) is 0 Å². The van der Waals surface area contributed by atoms with Crippen LogP contribution < -0.4 is 5.19 Å². The van der Waals surface area contributed by atoms with Crippen LogP contribution in [0.2, 0.25) is 5.04 Å². The Morgan fingerprint density at radius 1 is 0.833 bits per heavy atom. The van der Waals surface area contributed by atoms with Crippen LogP contribution in [0, 0.1) is 0 Å². The summed E-state index contributed by atoms with van der Waals surface area (Å²) in [4.78, 5) is 0. The highest BCUT2D eigenvalue weighted by Gasteiger charge is 2.65. The largest absolute Gasteiger partial charge is 0.542 e. The molecule has 1 aliphatic carbocycles. The molecule has 3 rings (SSSR count). The van der Waals surface area contributed by atoms with Crippen LogP contribution >= 0.6 is 0 Å². The van der Waals surface area contributed by atoms with E-state index in [0.29, 0.717) is 18.5 Å². The number of allylic oxidation sites excluding steroid dienone is 5. The molecule has 0 aliphatic heterocycles. The average molecular weight is 435 g/mol. The summed E-state index contributed by atoms with van der Waals surface area (Å²) in [5, 5.41) is -2.00. The minimum Gasteiger partial charge on any atom is -0.542 e. The highest BCUT2D eigenvalue weighted by molar-refractivity contribution is 6.71. The van der Waals surface area contributed by atoms with Crippen LogP contribution in [-0.4, -0.2) is 14.7 Å². The molecule has 2 unspecified atom stereocenters. The zero-order valence-electron chi connectivity index (χ0n) is 16.4. The molecule has 0 aromatic heterocycles. The van der Waals surface area contributed by atoms with Gasteiger partial charge in [-0.2, -0.15) is 0 Å². The summed E-state index contributed by atoms with van der Waals surface area (Å²) in [5.74, 6) is -7.84. The molecule has 2 aromatic carbocycles. The Morgan fingerprint density at radius 3 is 1.97 bits per heavy atom. The second kappa shape index (κ2) is 8.59. The number of hydrogen-bond donors (Lipinski definition) is 0. The molecule has 0 amide bonds. The minimum absolute atomic E-state index is 0.385. The second-order valence-corrected chi connectivity index (χ2v) is 9.73. The van der Waals surface area contributed by atoms with Crippen LogP contribution in [-0.2, 0) is 10.8 Å². The van der Waals surface area contributed by atoms with Crippen molar-refractivity contribution >= 4 is 14.2 Å². The fourth-order valence-corrected chi connectivity index (χ4v) is 5.86. The molecule has 1 aliphatic rings. The zero-order valence-corrected chi connectivity index (χ0v) is 17.4. The average Bonchev–Trinajstić information content (AvgIpc) is 2.77. The number of halogens is 5. The Hall–Kier alpha value is -2.67. The highest BCUT2D eigenvalue weighted by Crippen LogP contribution is 2.60. The maximum absolute atomic E-state index is 15.5. The second-order valence-electron chi connectivity index (χ2n) is 7.26. The summed E-state index contributed by atoms with van der Waals surface area (Å²) in [6.45, 7) is 1.73. The van der Waals surface area contributed by atoms with Crippen molar-refractivity contribution in [2.24, 2.45) is 0 Å². The summed E-state index contributed by atoms with van der Waals surface area (Å²) in [6, 6.07) is 17.5. The Kier molecular flexibility index (Phi) is 6.31. The van der Waals surface area contributed by atoms with E-state index < -0.39 is 43.1 Å². The normalized spacial score (nSPS) is 24.8. The van der Waals surface area contributed by atoms with Crippen molar-refractivity contribution in [1.82, 2.24) is 0 Å². The lowest BCUT2D eigenvalue weighted by Gasteiger charge is -2.43. The van der Waals surface area contributed by atoms with Crippen molar-refractivity contribution in [3.63, 3.8) is 0 Å². The summed E-state index contributed by atoms with van der Waals surface area (Å²) >= 11 is 0. The van der Waals surface area contributed by atoms with E-state index in [1.807, 2.05) is 30.3 Å². The lowest BCUT2D eigenvalue weighted by atomic mass is 9.84. The summed E-state index contributed by atoms with van der Waals surface area (Å²) in [6.07, 6.45) is 3.42. The fraction of sp³-hybridized carbons (Fsp3) is 0.217. The van der Waals surface area contributed by atoms with Gasteiger partial charge >= 0.3 is 9.04 Å². The van der Waals surface area contributed by atoms with Crippen LogP contribution in [0.25, 0.3) is 0 Å². The van der Waals surface area contributed by atoms with E-state index >= 15 is 8.78 Å². The molecule has 0 fully saturated rings. The van der Waals surface area contributed by atoms with Crippen molar-refractivity contribution < 1.29 is 26.4 Å². The predicted molar refractivity (Wildman–Crippen MR) is 109 cm³/mol. The van der Waals surface area contributed by atoms with Crippen LogP contribution in [0.15, 0.2) is 96.3 Å². The van der Waals surface area contributed by atoms with E-state index in [1.54, 1.807) is 36.4 Å². The molecule has 0 heterocycles. The van der Waals surface area contributed by atoms with Gasteiger partial charge in [0.25, 0.3) is 0 Å². The van der Waals surface area contributed by atoms with Crippen molar-refractivity contribution in [3.8, 4) is 0 Å². The number of benzene rings is 2. The lowest BCUT2D eigenvalue weighted by Crippen LogP contribution is -2.55. The smallest absolute Gasteiger partial charge is 0.332 e. The van der Waals surface area contributed by atoms with Crippen molar-refractivity contribution in [1.29, 1.82) is 0 Å². The van der Waals surface area contributed by atoms with Gasteiger partial charge in [-0.15, -0.1) is 0 Å². The van der Waals surface area contributed by atoms with E-state index in [0.717, 1.165) is 12.5 Å². The maximum Gasteiger partial charge on any atom is 0.332 e. The third kappa shape index (κ3) is 3.74. The Labute approximate surface area is 173 Å². The first-order valence-electron chi connectivity index (χ1n) is 9.30. The van der Waals surface area contributed by atoms with E-state index in [-0.39, 0.29) is 0 Å². The van der Waals surface area contributed by atoms with Crippen molar-refractivity contribution in [2.45, 2.75) is 31.0 Å². The van der Waals surface area contributed by atoms with Gasteiger partial charge in [0.15, 0.2) is 23.1 Å². The van der Waals surface area contributed by atoms with E-state index in [2.05, 4.69) is 0 Å². The van der Waals surface area contributed by atoms with Gasteiger partial charge < -0.3 is 4.43 Å². The van der Waals surface area contributed by atoms with Crippen molar-refractivity contribution in [3.05, 3.63) is 102 Å². The van der Waals surface area contributed by atoms with Gasteiger partial charge in [0.2, 0.25) is 0 Å². The van der Waals surface area contributed by atoms with Gasteiger partial charge in [-0.25, -0.2) is 22.0 Å². The van der Waals surface area contributed by atoms with Gasteiger partial charge in [-0.05, 0) is 37.1 Å². The Balaban J connectivity index is 2.00. The molecule has 0 saturated heterocycles. The molecule has 157 valence electrons. The van der Waals surface area contributed by atoms with Crippen LogP contribution in [0.3, 0.4) is 0 Å². The minimum atomic E-state index is -3.14. The lowest BCUT2D eigenvalue weighted by molar-refractivity contribution is 0.113. The molecular formula is C23H20F5OSi. The Morgan fingerprint density at radius 2 is 1.37 bits per heavy atom. The molecule has 0 spiro atoms. The summed E-state index contributed by atoms with van der Waals surface area (Å²) < 4.78 is 78.6. The first-order valence-corrected chi connectivity index (χ1v) is 10.7. The Bertz CT molecular complexity index is 985. The molecule has 30 heavy (non-hydrogen) atoms. The third-order valence-electron chi connectivity index (χ3n) is 5.34. The first-order chi connectivity index (χ1) is 14.2. The van der Waals surface area contributed by atoms with Gasteiger partial charge in [-0.1, -0.05) is 60.7 Å². The predicted octanol–water partition coefficient (Wildman–Crippen LogP) is 6.46. The van der Waals surface area contributed by atoms with E-state index in [9.17, 15) is 13.2 Å². The molecule has 1 radical (unpaired) electrons. The van der Waals surface area contributed by atoms with E-state index in [4.69, 9.17) is 4.43 Å². The topological polar surface area (TPSA) is 9.23 Å². The fourth-order valence-electron chi connectivity index (χ4n) is 3.34. The van der Waals surface area contributed by atoms with Gasteiger partial charge in [0, 0.05) is 0 Å². The third-order valence-corrected chi connectivity index (χ3v) is 8.16. The van der Waals surface area contributed by atoms with E-state index in [1.165, 1.54) is 6.26 Å². The SMILES string of the molecule is CC1(F)C(F)=C(F)C(F)=C(F)C1(C)[Si](OC=CCc1ccccc1)c1ccccc1. The number of rotatable bonds is 6. The van der Waals surface area contributed by atoms with Crippen molar-refractivity contribution in [2.75, 3.05) is 0 Å². The van der Waals surface area contributed by atoms with Crippen LogP contribution in [0.1, 0.15) is 19.4 Å². The molecule has 2 atom stereocenters. The van der Waals surface area contributed by atoms with Gasteiger partial charge in [0.1, 0.15) is 5.83 Å². The first kappa shape index (κ1) is 22.0. The molecule has 1 nitrogen and oxygen atoms in total. The van der Waals surface area contributed by atoms with Gasteiger partial charge in [0.05, 0.1) is 11.3 Å². The maximum atomic E-state index is 15.5. The molecular weight excluding hydrogens is 415 g/mol. The van der Waals surface area contributed by atoms with Gasteiger partial charge in [-0.3, -0.25) is 0 Å². The molecule has 0 bridgehead atoms. The highest BCUT2D eigenvalue weighted by atomic mass is 28.3. The summed E-state index contributed by atoms with van der Waals surface area (Å²) in [5.41, 5.74) is -2.16. The zero-order chi connectivity index (χ0) is 21.9. The molecule has 2 aromatic rings. The number of hydrogen-bond acceptors (Lipinski definition) is 1. The van der Waals surface area contributed by atoms with Crippen LogP contribution in [0.4, 0.5) is 22.0 Å². The quantitative estimate of drug-likeness (QED) is 0.287. The summed E-state index contributed by atoms with van der Waals surface area (Å²) in [7, 11) is -2.79. The molecule has 0 N–H and O–H groups in total. The number of alkyl halides is 1. The monoisotopic (exact) mass is 435 g/mol. The molecule has 0 saturated carbocycles. The standard InChI is InChI=1S/C23H20F5OSi/c1-22(28)20(26)18(24)19(25)21(27)23(22,2)30(17-13-7-4-8-14-17)29-15-9-12-16-10-5-3-6-11-16/h3-11,13-15H,12H2,1-2H3.